The smallest absolute Gasteiger partial charge is 0.450 e. The van der Waals surface area contributed by atoms with E-state index in [4.69, 9.17) is 4.74 Å². The van der Waals surface area contributed by atoms with E-state index >= 15 is 0 Å². The van der Waals surface area contributed by atoms with E-state index in [1.165, 1.54) is 5.57 Å². The molecule has 3 N–H and O–H groups in total. The van der Waals surface area contributed by atoms with E-state index in [0.29, 0.717) is 23.7 Å². The highest BCUT2D eigenvalue weighted by Crippen LogP contribution is 2.75. The molecule has 5 rings (SSSR count). The Hall–Kier alpha value is -1.07. The Morgan fingerprint density at radius 1 is 1.00 bits per heavy atom. The van der Waals surface area contributed by atoms with Gasteiger partial charge < -0.3 is 20.1 Å². The fourth-order valence-electron chi connectivity index (χ4n) is 11.2. The molecule has 5 aliphatic rings. The van der Waals surface area contributed by atoms with Gasteiger partial charge >= 0.3 is 6.16 Å². The average Bonchev–Trinajstić information content (AvgIpc) is 2.82. The molecule has 0 bridgehead atoms. The van der Waals surface area contributed by atoms with Gasteiger partial charge in [0.1, 0.15) is 6.61 Å². The molecule has 0 aromatic carbocycles. The number of hydrogen-bond acceptors (Lipinski definition) is 4. The van der Waals surface area contributed by atoms with Crippen molar-refractivity contribution >= 4 is 6.16 Å². The number of allylic oxidation sites excluding steroid dienone is 1. The summed E-state index contributed by atoms with van der Waals surface area (Å²) in [6.45, 7) is 14.7. The zero-order valence-corrected chi connectivity index (χ0v) is 23.5. The summed E-state index contributed by atoms with van der Waals surface area (Å²) in [5, 5.41) is 31.7. The molecule has 5 heteroatoms. The van der Waals surface area contributed by atoms with Gasteiger partial charge in [-0.3, -0.25) is 0 Å². The zero-order valence-electron chi connectivity index (χ0n) is 23.5. The summed E-state index contributed by atoms with van der Waals surface area (Å²) in [5.41, 5.74) is 1.07. The summed E-state index contributed by atoms with van der Waals surface area (Å²) in [6.07, 6.45) is 10.2. The molecule has 36 heavy (non-hydrogen) atoms. The van der Waals surface area contributed by atoms with Crippen LogP contribution in [-0.2, 0) is 4.74 Å². The Balaban J connectivity index is 1.60. The van der Waals surface area contributed by atoms with Crippen LogP contribution in [0.15, 0.2) is 11.6 Å². The molecular formula is C31H50O5. The summed E-state index contributed by atoms with van der Waals surface area (Å²) < 4.78 is 5.33. The predicted molar refractivity (Wildman–Crippen MR) is 140 cm³/mol. The highest BCUT2D eigenvalue weighted by molar-refractivity contribution is 5.56. The Morgan fingerprint density at radius 2 is 1.72 bits per heavy atom. The predicted octanol–water partition coefficient (Wildman–Crippen LogP) is 6.67. The van der Waals surface area contributed by atoms with E-state index in [-0.39, 0.29) is 52.3 Å². The molecule has 0 aromatic heterocycles. The molecule has 10 atom stereocenters. The quantitative estimate of drug-likeness (QED) is 0.296. The van der Waals surface area contributed by atoms with Gasteiger partial charge in [0.2, 0.25) is 0 Å². The Labute approximate surface area is 218 Å². The van der Waals surface area contributed by atoms with E-state index in [9.17, 15) is 20.1 Å². The molecular weight excluding hydrogens is 452 g/mol. The van der Waals surface area contributed by atoms with E-state index in [1.807, 2.05) is 0 Å². The molecule has 0 heterocycles. The fourth-order valence-corrected chi connectivity index (χ4v) is 11.2. The SMILES string of the molecule is C[C@H]1[C@H](C)CC[C@]2(COC(=O)O)CC[C@]3(CO)C(=CC[C@@H]4[C@@]5(C)CC[C@H](O)C(C)(C)C5CC[C@]43C)[C@H]12. The lowest BCUT2D eigenvalue weighted by Gasteiger charge is -2.71. The van der Waals surface area contributed by atoms with Crippen LogP contribution in [0.5, 0.6) is 0 Å². The first-order valence-corrected chi connectivity index (χ1v) is 14.6. The molecule has 0 spiro atoms. The van der Waals surface area contributed by atoms with Gasteiger partial charge in [0.15, 0.2) is 0 Å². The third kappa shape index (κ3) is 3.30. The van der Waals surface area contributed by atoms with Gasteiger partial charge in [0.05, 0.1) is 12.7 Å². The van der Waals surface area contributed by atoms with Gasteiger partial charge in [-0.2, -0.15) is 0 Å². The van der Waals surface area contributed by atoms with E-state index in [1.54, 1.807) is 0 Å². The van der Waals surface area contributed by atoms with Crippen molar-refractivity contribution in [3.8, 4) is 0 Å². The van der Waals surface area contributed by atoms with Crippen LogP contribution in [0.1, 0.15) is 99.3 Å². The van der Waals surface area contributed by atoms with Crippen molar-refractivity contribution in [2.45, 2.75) is 105 Å². The molecule has 4 saturated carbocycles. The third-order valence-corrected chi connectivity index (χ3v) is 13.6. The lowest BCUT2D eigenvalue weighted by Crippen LogP contribution is -2.66. The van der Waals surface area contributed by atoms with E-state index < -0.39 is 6.16 Å². The third-order valence-electron chi connectivity index (χ3n) is 13.6. The van der Waals surface area contributed by atoms with Crippen LogP contribution in [0, 0.1) is 56.7 Å². The molecule has 5 aliphatic carbocycles. The van der Waals surface area contributed by atoms with Crippen molar-refractivity contribution in [2.24, 2.45) is 56.7 Å². The fraction of sp³-hybridized carbons (Fsp3) is 0.903. The maximum atomic E-state index is 11.5. The minimum Gasteiger partial charge on any atom is -0.450 e. The first-order valence-electron chi connectivity index (χ1n) is 14.6. The van der Waals surface area contributed by atoms with Gasteiger partial charge in [0.25, 0.3) is 0 Å². The van der Waals surface area contributed by atoms with Crippen molar-refractivity contribution < 1.29 is 24.9 Å². The normalized spacial score (nSPS) is 51.6. The van der Waals surface area contributed by atoms with Crippen molar-refractivity contribution in [2.75, 3.05) is 13.2 Å². The highest BCUT2D eigenvalue weighted by atomic mass is 16.7. The van der Waals surface area contributed by atoms with Crippen LogP contribution in [0.2, 0.25) is 0 Å². The first kappa shape index (κ1) is 26.5. The van der Waals surface area contributed by atoms with E-state index in [0.717, 1.165) is 57.8 Å². The molecule has 5 nitrogen and oxygen atoms in total. The molecule has 4 fully saturated rings. The molecule has 0 saturated heterocycles. The van der Waals surface area contributed by atoms with Crippen LogP contribution in [0.4, 0.5) is 4.79 Å². The van der Waals surface area contributed by atoms with Gasteiger partial charge in [-0.1, -0.05) is 53.2 Å². The van der Waals surface area contributed by atoms with Crippen molar-refractivity contribution in [3.05, 3.63) is 11.6 Å². The number of aliphatic hydroxyl groups is 2. The van der Waals surface area contributed by atoms with Gasteiger partial charge in [-0.05, 0) is 104 Å². The lowest BCUT2D eigenvalue weighted by molar-refractivity contribution is -0.215. The van der Waals surface area contributed by atoms with Crippen LogP contribution in [0.3, 0.4) is 0 Å². The minimum absolute atomic E-state index is 0.00429. The summed E-state index contributed by atoms with van der Waals surface area (Å²) in [6, 6.07) is 0. The molecule has 0 aromatic rings. The van der Waals surface area contributed by atoms with Gasteiger partial charge in [-0.15, -0.1) is 0 Å². The van der Waals surface area contributed by atoms with E-state index in [2.05, 4.69) is 47.6 Å². The summed E-state index contributed by atoms with van der Waals surface area (Å²) >= 11 is 0. The minimum atomic E-state index is -1.17. The standard InChI is InChI=1S/C31H50O5/c1-19-9-14-30(18-36-26(34)35)15-16-31(17-32)21(25(30)20(19)2)7-8-23-28(5)12-11-24(33)27(3,4)22(28)10-13-29(23,31)6/h7,19-20,22-25,32-33H,8-18H2,1-6H3,(H,34,35)/t19-,20+,22?,23-,24+,25+,28+,29-,30-,31+/m1/s1. The number of fused-ring (bicyclic) bond motifs is 7. The number of carbonyl (C=O) groups is 1. The number of ether oxygens (including phenoxy) is 1. The second-order valence-electron chi connectivity index (χ2n) is 14.8. The topological polar surface area (TPSA) is 87.0 Å². The number of aliphatic hydroxyl groups excluding tert-OH is 2. The highest BCUT2D eigenvalue weighted by Gasteiger charge is 2.69. The molecule has 204 valence electrons. The monoisotopic (exact) mass is 502 g/mol. The second-order valence-corrected chi connectivity index (χ2v) is 14.8. The number of hydrogen-bond donors (Lipinski definition) is 3. The Kier molecular flexibility index (Phi) is 6.24. The summed E-state index contributed by atoms with van der Waals surface area (Å²) in [5.74, 6) is 2.23. The van der Waals surface area contributed by atoms with Gasteiger partial charge in [0, 0.05) is 10.8 Å². The zero-order chi connectivity index (χ0) is 26.3. The average molecular weight is 503 g/mol. The summed E-state index contributed by atoms with van der Waals surface area (Å²) in [4.78, 5) is 11.5. The Morgan fingerprint density at radius 3 is 2.39 bits per heavy atom. The van der Waals surface area contributed by atoms with Crippen LogP contribution < -0.4 is 0 Å². The molecule has 0 radical (unpaired) electrons. The van der Waals surface area contributed by atoms with Gasteiger partial charge in [-0.25, -0.2) is 4.79 Å². The van der Waals surface area contributed by atoms with Crippen LogP contribution in [0.25, 0.3) is 0 Å². The lowest BCUT2D eigenvalue weighted by atomic mass is 9.33. The molecule has 1 unspecified atom stereocenters. The van der Waals surface area contributed by atoms with Crippen LogP contribution in [-0.4, -0.2) is 40.8 Å². The maximum absolute atomic E-state index is 11.5. The second kappa shape index (κ2) is 8.46. The van der Waals surface area contributed by atoms with Crippen molar-refractivity contribution in [1.29, 1.82) is 0 Å². The summed E-state index contributed by atoms with van der Waals surface area (Å²) in [7, 11) is 0. The molecule has 0 amide bonds. The maximum Gasteiger partial charge on any atom is 0.505 e. The first-order chi connectivity index (χ1) is 16.8. The number of carboxylic acid groups (broad SMARTS) is 1. The largest absolute Gasteiger partial charge is 0.505 e. The molecule has 0 aliphatic heterocycles. The van der Waals surface area contributed by atoms with Crippen molar-refractivity contribution in [3.63, 3.8) is 0 Å². The number of rotatable bonds is 3. The van der Waals surface area contributed by atoms with Crippen LogP contribution >= 0.6 is 0 Å². The Bertz CT molecular complexity index is 926. The van der Waals surface area contributed by atoms with Crippen molar-refractivity contribution in [1.82, 2.24) is 0 Å².